The molecule has 9 heteroatoms. The van der Waals surface area contributed by atoms with E-state index in [9.17, 15) is 19.8 Å². The number of nitrogens with zero attached hydrogens (tertiary/aromatic N) is 1. The van der Waals surface area contributed by atoms with Crippen molar-refractivity contribution < 1.29 is 33.7 Å². The van der Waals surface area contributed by atoms with Gasteiger partial charge in [-0.25, -0.2) is 0 Å². The summed E-state index contributed by atoms with van der Waals surface area (Å²) in [5.74, 6) is -1.60. The van der Waals surface area contributed by atoms with Crippen LogP contribution < -0.4 is 0 Å². The van der Waals surface area contributed by atoms with Crippen LogP contribution in [0.3, 0.4) is 0 Å². The summed E-state index contributed by atoms with van der Waals surface area (Å²) in [6.07, 6.45) is -0.233. The summed E-state index contributed by atoms with van der Waals surface area (Å²) in [6.45, 7) is 24.0. The van der Waals surface area contributed by atoms with Crippen molar-refractivity contribution in [1.82, 2.24) is 4.90 Å². The Hall–Kier alpha value is -1.10. The lowest BCUT2D eigenvalue weighted by atomic mass is 9.40. The van der Waals surface area contributed by atoms with Crippen LogP contribution in [0.25, 0.3) is 0 Å². The fraction of sp³-hybridized carbons (Fsp3) is 0.867. The predicted octanol–water partition coefficient (Wildman–Crippen LogP) is 4.09. The molecular weight excluding hydrogens is 514 g/mol. The maximum atomic E-state index is 14.4. The zero-order valence-electron chi connectivity index (χ0n) is 26.3. The third-order valence-electron chi connectivity index (χ3n) is 10.6. The van der Waals surface area contributed by atoms with Crippen LogP contribution in [0.2, 0.25) is 18.1 Å². The van der Waals surface area contributed by atoms with Crippen LogP contribution in [0, 0.1) is 16.7 Å². The molecule has 0 aromatic rings. The second-order valence-corrected chi connectivity index (χ2v) is 20.1. The first kappa shape index (κ1) is 32.4. The number of hydrogen-bond acceptors (Lipinski definition) is 8. The van der Waals surface area contributed by atoms with Gasteiger partial charge in [0.05, 0.1) is 24.4 Å². The normalized spacial score (nSPS) is 42.5. The largest absolute Gasteiger partial charge is 0.455 e. The highest BCUT2D eigenvalue weighted by Crippen LogP contribution is 2.68. The number of ketones is 1. The fourth-order valence-corrected chi connectivity index (χ4v) is 9.04. The Morgan fingerprint density at radius 2 is 1.77 bits per heavy atom. The summed E-state index contributed by atoms with van der Waals surface area (Å²) in [5.41, 5.74) is -6.72. The Labute approximate surface area is 236 Å². The minimum Gasteiger partial charge on any atom is -0.455 e. The topological polar surface area (TPSA) is 106 Å². The fourth-order valence-electron chi connectivity index (χ4n) is 7.61. The number of esters is 1. The lowest BCUT2D eigenvalue weighted by Gasteiger charge is -2.72. The third kappa shape index (κ3) is 4.79. The van der Waals surface area contributed by atoms with Crippen molar-refractivity contribution in [3.8, 4) is 0 Å². The molecule has 1 heterocycles. The number of carbonyl (C=O) groups is 2. The maximum absolute atomic E-state index is 14.4. The summed E-state index contributed by atoms with van der Waals surface area (Å²) >= 11 is 0. The van der Waals surface area contributed by atoms with Gasteiger partial charge in [0.25, 0.3) is 0 Å². The number of aliphatic hydroxyl groups is 2. The zero-order valence-corrected chi connectivity index (χ0v) is 27.3. The van der Waals surface area contributed by atoms with Crippen molar-refractivity contribution in [2.24, 2.45) is 16.7 Å². The standard InChI is InChI=1S/C30H53NO7Si/c1-14-27(7)17-19(32)30(35)28(8)20(37-39(12,13)25(2,3)4)15-16-26(5,6)23(28)22(34)24(29(30,9)38-27)36-21(33)18-31(10)11/h14,20,22-24,34-35H,1,15-18H2,2-13H3/t20-,22-,23-,24-,27-,28-,29+,30-/m0/s1. The molecule has 0 aromatic carbocycles. The molecule has 3 fully saturated rings. The molecule has 1 saturated heterocycles. The molecule has 0 unspecified atom stereocenters. The van der Waals surface area contributed by atoms with E-state index in [1.54, 1.807) is 38.9 Å². The lowest BCUT2D eigenvalue weighted by Crippen LogP contribution is -2.87. The predicted molar refractivity (Wildman–Crippen MR) is 154 cm³/mol. The number of Topliss-reactive ketones (excluding diaryl/α,β-unsaturated/α-hetero) is 1. The molecule has 0 spiro atoms. The number of rotatable bonds is 6. The lowest BCUT2D eigenvalue weighted by molar-refractivity contribution is -0.369. The van der Waals surface area contributed by atoms with E-state index < -0.39 is 71.9 Å². The van der Waals surface area contributed by atoms with Crippen molar-refractivity contribution in [1.29, 1.82) is 0 Å². The van der Waals surface area contributed by atoms with E-state index in [-0.39, 0.29) is 18.0 Å². The molecule has 224 valence electrons. The van der Waals surface area contributed by atoms with Crippen LogP contribution in [0.4, 0.5) is 0 Å². The summed E-state index contributed by atoms with van der Waals surface area (Å²) < 4.78 is 19.6. The molecule has 1 aliphatic heterocycles. The number of likely N-dealkylation sites (N-methyl/N-ethyl adjacent to an activating group) is 1. The van der Waals surface area contributed by atoms with E-state index in [4.69, 9.17) is 13.9 Å². The Bertz CT molecular complexity index is 1010. The smallest absolute Gasteiger partial charge is 0.320 e. The van der Waals surface area contributed by atoms with Gasteiger partial charge in [0.15, 0.2) is 25.8 Å². The first-order valence-electron chi connectivity index (χ1n) is 14.2. The zero-order chi connectivity index (χ0) is 30.2. The number of carbonyl (C=O) groups excluding carboxylic acids is 2. The van der Waals surface area contributed by atoms with Crippen molar-refractivity contribution in [3.63, 3.8) is 0 Å². The van der Waals surface area contributed by atoms with Gasteiger partial charge in [0.2, 0.25) is 0 Å². The molecule has 0 radical (unpaired) electrons. The van der Waals surface area contributed by atoms with E-state index in [2.05, 4.69) is 54.3 Å². The first-order chi connectivity index (χ1) is 17.4. The van der Waals surface area contributed by atoms with Crippen LogP contribution >= 0.6 is 0 Å². The van der Waals surface area contributed by atoms with Crippen LogP contribution in [0.1, 0.15) is 74.7 Å². The Kier molecular flexibility index (Phi) is 8.09. The Morgan fingerprint density at radius 1 is 1.21 bits per heavy atom. The van der Waals surface area contributed by atoms with Crippen molar-refractivity contribution in [2.75, 3.05) is 20.6 Å². The van der Waals surface area contributed by atoms with Crippen LogP contribution in [0.5, 0.6) is 0 Å². The monoisotopic (exact) mass is 567 g/mol. The summed E-state index contributed by atoms with van der Waals surface area (Å²) in [6, 6.07) is 0. The molecule has 2 saturated carbocycles. The number of ether oxygens (including phenoxy) is 2. The van der Waals surface area contributed by atoms with E-state index in [1.807, 2.05) is 6.92 Å². The van der Waals surface area contributed by atoms with Gasteiger partial charge in [-0.15, -0.1) is 6.58 Å². The third-order valence-corrected chi connectivity index (χ3v) is 15.1. The molecule has 0 aromatic heterocycles. The molecule has 8 nitrogen and oxygen atoms in total. The highest BCUT2D eigenvalue weighted by molar-refractivity contribution is 6.74. The summed E-state index contributed by atoms with van der Waals surface area (Å²) in [5, 5.41) is 25.1. The SMILES string of the molecule is C=C[C@@]1(C)CC(=O)[C@]2(O)[C@@]3(C)[C@@H](O[Si](C)(C)C(C)(C)C)CCC(C)(C)[C@@H]3[C@H](O)[C@H](OC(=O)CN(C)C)[C@@]2(C)O1. The second kappa shape index (κ2) is 9.73. The van der Waals surface area contributed by atoms with Crippen molar-refractivity contribution in [3.05, 3.63) is 12.7 Å². The molecular formula is C30H53NO7Si. The maximum Gasteiger partial charge on any atom is 0.320 e. The van der Waals surface area contributed by atoms with E-state index >= 15 is 0 Å². The quantitative estimate of drug-likeness (QED) is 0.281. The number of hydrogen-bond donors (Lipinski definition) is 2. The average molecular weight is 568 g/mol. The molecule has 3 aliphatic rings. The summed E-state index contributed by atoms with van der Waals surface area (Å²) in [4.78, 5) is 29.1. The van der Waals surface area contributed by atoms with Gasteiger partial charge in [-0.1, -0.05) is 47.6 Å². The van der Waals surface area contributed by atoms with Crippen LogP contribution in [0.15, 0.2) is 12.7 Å². The van der Waals surface area contributed by atoms with Crippen LogP contribution in [-0.4, -0.2) is 90.9 Å². The van der Waals surface area contributed by atoms with Gasteiger partial charge in [0.1, 0.15) is 5.60 Å². The van der Waals surface area contributed by atoms with Crippen molar-refractivity contribution in [2.45, 2.75) is 128 Å². The molecule has 3 rings (SSSR count). The second-order valence-electron chi connectivity index (χ2n) is 15.3. The average Bonchev–Trinajstić information content (AvgIpc) is 2.75. The number of aliphatic hydroxyl groups excluding tert-OH is 1. The van der Waals surface area contributed by atoms with Gasteiger partial charge in [-0.2, -0.15) is 0 Å². The highest BCUT2D eigenvalue weighted by Gasteiger charge is 2.81. The van der Waals surface area contributed by atoms with Gasteiger partial charge < -0.3 is 24.1 Å². The first-order valence-corrected chi connectivity index (χ1v) is 17.1. The molecule has 0 amide bonds. The van der Waals surface area contributed by atoms with Gasteiger partial charge in [-0.05, 0) is 64.3 Å². The van der Waals surface area contributed by atoms with Crippen molar-refractivity contribution >= 4 is 20.1 Å². The Balaban J connectivity index is 2.31. The minimum atomic E-state index is -2.37. The molecule has 2 N–H and O–H groups in total. The van der Waals surface area contributed by atoms with Gasteiger partial charge in [0, 0.05) is 17.8 Å². The molecule has 0 bridgehead atoms. The van der Waals surface area contributed by atoms with Crippen LogP contribution in [-0.2, 0) is 23.5 Å². The molecule has 8 atom stereocenters. The van der Waals surface area contributed by atoms with E-state index in [0.29, 0.717) is 12.8 Å². The van der Waals surface area contributed by atoms with Gasteiger partial charge >= 0.3 is 5.97 Å². The highest BCUT2D eigenvalue weighted by atomic mass is 28.4. The summed E-state index contributed by atoms with van der Waals surface area (Å²) in [7, 11) is 1.12. The number of fused-ring (bicyclic) bond motifs is 3. The van der Waals surface area contributed by atoms with E-state index in [1.165, 1.54) is 0 Å². The van der Waals surface area contributed by atoms with Gasteiger partial charge in [-0.3, -0.25) is 14.5 Å². The molecule has 39 heavy (non-hydrogen) atoms. The van der Waals surface area contributed by atoms with E-state index in [0.717, 1.165) is 0 Å². The minimum absolute atomic E-state index is 0.0210. The molecule has 2 aliphatic carbocycles. The Morgan fingerprint density at radius 3 is 2.26 bits per heavy atom.